The molecule has 2 aromatic carbocycles. The Morgan fingerprint density at radius 2 is 1.79 bits per heavy atom. The number of furan rings is 1. The van der Waals surface area contributed by atoms with Crippen molar-refractivity contribution in [2.75, 3.05) is 10.6 Å². The van der Waals surface area contributed by atoms with Gasteiger partial charge in [-0.05, 0) is 48.5 Å². The minimum Gasteiger partial charge on any atom is -0.467 e. The van der Waals surface area contributed by atoms with E-state index in [2.05, 4.69) is 15.6 Å². The summed E-state index contributed by atoms with van der Waals surface area (Å²) in [6, 6.07) is 23.8. The number of pyridine rings is 1. The lowest BCUT2D eigenvalue weighted by atomic mass is 10.2. The van der Waals surface area contributed by atoms with Gasteiger partial charge in [0.25, 0.3) is 5.91 Å². The number of ether oxygens (including phenoxy) is 1. The van der Waals surface area contributed by atoms with E-state index in [9.17, 15) is 4.79 Å². The van der Waals surface area contributed by atoms with Crippen LogP contribution in [0.5, 0.6) is 11.5 Å². The van der Waals surface area contributed by atoms with E-state index in [0.717, 1.165) is 5.76 Å². The van der Waals surface area contributed by atoms with E-state index in [1.165, 1.54) is 0 Å². The Morgan fingerprint density at radius 3 is 2.62 bits per heavy atom. The monoisotopic (exact) mass is 385 g/mol. The lowest BCUT2D eigenvalue weighted by molar-refractivity contribution is 0.102. The number of carbonyl (C=O) groups is 1. The van der Waals surface area contributed by atoms with Gasteiger partial charge in [-0.3, -0.25) is 4.79 Å². The molecule has 0 aliphatic heterocycles. The summed E-state index contributed by atoms with van der Waals surface area (Å²) in [5.41, 5.74) is 1.07. The number of nitrogens with zero attached hydrogens (tertiary/aromatic N) is 1. The first-order valence-electron chi connectivity index (χ1n) is 9.13. The van der Waals surface area contributed by atoms with Gasteiger partial charge in [0, 0.05) is 11.8 Å². The van der Waals surface area contributed by atoms with E-state index in [-0.39, 0.29) is 5.91 Å². The van der Waals surface area contributed by atoms with Gasteiger partial charge in [-0.25, -0.2) is 4.98 Å². The largest absolute Gasteiger partial charge is 0.467 e. The summed E-state index contributed by atoms with van der Waals surface area (Å²) in [5.74, 6) is 2.38. The molecule has 6 heteroatoms. The number of aromatic nitrogens is 1. The predicted molar refractivity (Wildman–Crippen MR) is 111 cm³/mol. The number of carbonyl (C=O) groups excluding carboxylic acids is 1. The van der Waals surface area contributed by atoms with Crippen LogP contribution in [-0.2, 0) is 6.54 Å². The van der Waals surface area contributed by atoms with Crippen LogP contribution < -0.4 is 15.4 Å². The highest BCUT2D eigenvalue weighted by molar-refractivity contribution is 6.05. The normalized spacial score (nSPS) is 10.3. The second-order valence-electron chi connectivity index (χ2n) is 6.23. The number of hydrogen-bond donors (Lipinski definition) is 2. The van der Waals surface area contributed by atoms with Gasteiger partial charge in [-0.1, -0.05) is 30.3 Å². The average Bonchev–Trinajstić information content (AvgIpc) is 3.28. The Morgan fingerprint density at radius 1 is 0.966 bits per heavy atom. The molecule has 29 heavy (non-hydrogen) atoms. The van der Waals surface area contributed by atoms with Crippen molar-refractivity contribution in [3.05, 3.63) is 103 Å². The molecule has 144 valence electrons. The summed E-state index contributed by atoms with van der Waals surface area (Å²) < 4.78 is 11.2. The minimum absolute atomic E-state index is 0.252. The number of para-hydroxylation sites is 3. The van der Waals surface area contributed by atoms with Crippen LogP contribution >= 0.6 is 0 Å². The number of amides is 1. The molecule has 0 bridgehead atoms. The van der Waals surface area contributed by atoms with Crippen molar-refractivity contribution in [3.8, 4) is 11.5 Å². The Labute approximate surface area is 168 Å². The van der Waals surface area contributed by atoms with Crippen LogP contribution in [0.4, 0.5) is 11.5 Å². The molecular weight excluding hydrogens is 366 g/mol. The Hall–Kier alpha value is -4.06. The fourth-order valence-electron chi connectivity index (χ4n) is 2.73. The van der Waals surface area contributed by atoms with E-state index >= 15 is 0 Å². The van der Waals surface area contributed by atoms with E-state index in [0.29, 0.717) is 35.1 Å². The number of anilines is 2. The van der Waals surface area contributed by atoms with Crippen LogP contribution in [0.1, 0.15) is 16.1 Å². The van der Waals surface area contributed by atoms with E-state index in [1.54, 1.807) is 30.7 Å². The Balaban J connectivity index is 1.46. The minimum atomic E-state index is -0.252. The molecule has 0 fully saturated rings. The molecule has 0 atom stereocenters. The summed E-state index contributed by atoms with van der Waals surface area (Å²) in [6.07, 6.45) is 3.20. The maximum absolute atomic E-state index is 12.8. The smallest absolute Gasteiger partial charge is 0.255 e. The summed E-state index contributed by atoms with van der Waals surface area (Å²) in [5, 5.41) is 6.05. The molecule has 2 aromatic heterocycles. The molecule has 0 saturated heterocycles. The molecule has 0 aliphatic rings. The predicted octanol–water partition coefficient (Wildman–Crippen LogP) is 5.33. The van der Waals surface area contributed by atoms with E-state index in [1.807, 2.05) is 60.7 Å². The van der Waals surface area contributed by atoms with Crippen LogP contribution in [0.3, 0.4) is 0 Å². The van der Waals surface area contributed by atoms with Gasteiger partial charge < -0.3 is 19.8 Å². The maximum atomic E-state index is 12.8. The van der Waals surface area contributed by atoms with Gasteiger partial charge in [-0.15, -0.1) is 0 Å². The van der Waals surface area contributed by atoms with Crippen molar-refractivity contribution in [1.82, 2.24) is 4.98 Å². The third-order valence-corrected chi connectivity index (χ3v) is 4.15. The molecule has 0 saturated carbocycles. The second kappa shape index (κ2) is 8.75. The molecule has 0 radical (unpaired) electrons. The number of hydrogen-bond acceptors (Lipinski definition) is 5. The standard InChI is InChI=1S/C23H19N3O3/c27-23(17-12-13-24-22(15-17)25-16-19-9-6-14-28-19)26-20-10-4-5-11-21(20)29-18-7-2-1-3-8-18/h1-15H,16H2,(H,24,25)(H,26,27). The van der Waals surface area contributed by atoms with Crippen LogP contribution in [0.25, 0.3) is 0 Å². The Kier molecular flexibility index (Phi) is 5.53. The Bertz CT molecular complexity index is 1080. The van der Waals surface area contributed by atoms with Crippen LogP contribution in [0.15, 0.2) is 95.7 Å². The summed E-state index contributed by atoms with van der Waals surface area (Å²) in [7, 11) is 0. The van der Waals surface area contributed by atoms with Crippen molar-refractivity contribution in [1.29, 1.82) is 0 Å². The van der Waals surface area contributed by atoms with Gasteiger partial charge in [0.15, 0.2) is 5.75 Å². The average molecular weight is 385 g/mol. The van der Waals surface area contributed by atoms with Gasteiger partial charge in [0.05, 0.1) is 18.5 Å². The van der Waals surface area contributed by atoms with Crippen molar-refractivity contribution in [3.63, 3.8) is 0 Å². The van der Waals surface area contributed by atoms with E-state index < -0.39 is 0 Å². The molecule has 1 amide bonds. The molecule has 2 N–H and O–H groups in total. The number of nitrogens with one attached hydrogen (secondary N) is 2. The third kappa shape index (κ3) is 4.81. The molecule has 2 heterocycles. The molecule has 4 rings (SSSR count). The molecule has 0 aliphatic carbocycles. The molecule has 6 nitrogen and oxygen atoms in total. The fraction of sp³-hybridized carbons (Fsp3) is 0.0435. The van der Waals surface area contributed by atoms with Crippen LogP contribution in [-0.4, -0.2) is 10.9 Å². The first-order chi connectivity index (χ1) is 14.3. The van der Waals surface area contributed by atoms with Gasteiger partial charge in [0.1, 0.15) is 17.3 Å². The number of rotatable bonds is 7. The lowest BCUT2D eigenvalue weighted by Crippen LogP contribution is -2.13. The molecule has 4 aromatic rings. The highest BCUT2D eigenvalue weighted by atomic mass is 16.5. The zero-order chi connectivity index (χ0) is 19.9. The van der Waals surface area contributed by atoms with E-state index in [4.69, 9.17) is 9.15 Å². The molecule has 0 unspecified atom stereocenters. The number of benzene rings is 2. The van der Waals surface area contributed by atoms with Crippen molar-refractivity contribution >= 4 is 17.4 Å². The third-order valence-electron chi connectivity index (χ3n) is 4.15. The SMILES string of the molecule is O=C(Nc1ccccc1Oc1ccccc1)c1ccnc(NCc2ccco2)c1. The van der Waals surface area contributed by atoms with Crippen molar-refractivity contribution < 1.29 is 13.9 Å². The van der Waals surface area contributed by atoms with Crippen LogP contribution in [0.2, 0.25) is 0 Å². The highest BCUT2D eigenvalue weighted by Gasteiger charge is 2.11. The quantitative estimate of drug-likeness (QED) is 0.450. The van der Waals surface area contributed by atoms with Crippen LogP contribution in [0, 0.1) is 0 Å². The van der Waals surface area contributed by atoms with Gasteiger partial charge in [-0.2, -0.15) is 0 Å². The van der Waals surface area contributed by atoms with Gasteiger partial charge in [0.2, 0.25) is 0 Å². The zero-order valence-corrected chi connectivity index (χ0v) is 15.5. The first kappa shape index (κ1) is 18.3. The fourth-order valence-corrected chi connectivity index (χ4v) is 2.73. The van der Waals surface area contributed by atoms with Crippen molar-refractivity contribution in [2.24, 2.45) is 0 Å². The summed E-state index contributed by atoms with van der Waals surface area (Å²) in [4.78, 5) is 17.0. The summed E-state index contributed by atoms with van der Waals surface area (Å²) in [6.45, 7) is 0.485. The highest BCUT2D eigenvalue weighted by Crippen LogP contribution is 2.29. The van der Waals surface area contributed by atoms with Gasteiger partial charge >= 0.3 is 0 Å². The zero-order valence-electron chi connectivity index (χ0n) is 15.5. The second-order valence-corrected chi connectivity index (χ2v) is 6.23. The topological polar surface area (TPSA) is 76.4 Å². The first-order valence-corrected chi connectivity index (χ1v) is 9.13. The van der Waals surface area contributed by atoms with Crippen molar-refractivity contribution in [2.45, 2.75) is 6.54 Å². The summed E-state index contributed by atoms with van der Waals surface area (Å²) >= 11 is 0. The molecular formula is C23H19N3O3. The lowest BCUT2D eigenvalue weighted by Gasteiger charge is -2.12. The maximum Gasteiger partial charge on any atom is 0.255 e. The molecule has 0 spiro atoms.